The van der Waals surface area contributed by atoms with Crippen LogP contribution in [0.1, 0.15) is 52.0 Å². The Morgan fingerprint density at radius 3 is 2.34 bits per heavy atom. The minimum Gasteiger partial charge on any atom is -0.348 e. The Balaban J connectivity index is 1.23. The molecule has 0 aromatic heterocycles. The Bertz CT molecular complexity index is 1220. The fourth-order valence-electron chi connectivity index (χ4n) is 7.49. The largest absolute Gasteiger partial charge is 0.348 e. The van der Waals surface area contributed by atoms with Crippen molar-refractivity contribution in [2.45, 2.75) is 77.0 Å². The van der Waals surface area contributed by atoms with E-state index < -0.39 is 17.7 Å². The Hall–Kier alpha value is -2.02. The van der Waals surface area contributed by atoms with E-state index in [0.717, 1.165) is 19.3 Å². The Labute approximate surface area is 206 Å². The van der Waals surface area contributed by atoms with Crippen molar-refractivity contribution in [2.75, 3.05) is 0 Å². The van der Waals surface area contributed by atoms with E-state index >= 15 is 0 Å². The van der Waals surface area contributed by atoms with Crippen LogP contribution in [0.4, 0.5) is 0 Å². The lowest BCUT2D eigenvalue weighted by molar-refractivity contribution is -0.577. The maximum Gasteiger partial charge on any atom is 0.201 e. The van der Waals surface area contributed by atoms with Crippen molar-refractivity contribution in [3.8, 4) is 0 Å². The maximum atomic E-state index is 6.65. The molecule has 5 fully saturated rings. The normalized spacial score (nSPS) is 40.5. The monoisotopic (exact) mass is 474 g/mol. The molecule has 8 atom stereocenters. The van der Waals surface area contributed by atoms with Crippen LogP contribution < -0.4 is 0 Å². The van der Waals surface area contributed by atoms with E-state index in [1.54, 1.807) is 0 Å². The van der Waals surface area contributed by atoms with E-state index in [2.05, 4.69) is 68.4 Å². The molecule has 0 N–H and O–H groups in total. The number of hydrogen-bond acceptors (Lipinski definition) is 5. The van der Waals surface area contributed by atoms with Crippen LogP contribution >= 0.6 is 0 Å². The summed E-state index contributed by atoms with van der Waals surface area (Å²) < 4.78 is 19.8. The SMILES string of the molecule is CC1CCC2[C@@H](C)C(OCc3c4ccccc4cc4ccccc34)OC3OC4(C)CCC1[C@]32OO4. The number of fused-ring (bicyclic) bond motifs is 4. The van der Waals surface area contributed by atoms with Crippen molar-refractivity contribution < 1.29 is 24.0 Å². The quantitative estimate of drug-likeness (QED) is 0.312. The molecule has 4 saturated heterocycles. The molecule has 0 radical (unpaired) electrons. The van der Waals surface area contributed by atoms with Crippen LogP contribution in [0, 0.1) is 23.7 Å². The molecule has 1 saturated carbocycles. The van der Waals surface area contributed by atoms with Gasteiger partial charge in [-0.05, 0) is 71.2 Å². The van der Waals surface area contributed by atoms with Crippen LogP contribution in [-0.4, -0.2) is 24.0 Å². The second kappa shape index (κ2) is 7.99. The van der Waals surface area contributed by atoms with E-state index in [1.165, 1.54) is 33.5 Å². The van der Waals surface area contributed by atoms with Crippen LogP contribution in [0.2, 0.25) is 0 Å². The first-order valence-electron chi connectivity index (χ1n) is 13.2. The van der Waals surface area contributed by atoms with Gasteiger partial charge in [0.15, 0.2) is 18.2 Å². The van der Waals surface area contributed by atoms with Crippen LogP contribution in [0.5, 0.6) is 0 Å². The summed E-state index contributed by atoms with van der Waals surface area (Å²) in [5.41, 5.74) is 0.652. The summed E-state index contributed by atoms with van der Waals surface area (Å²) in [4.78, 5) is 12.2. The second-order valence-electron chi connectivity index (χ2n) is 11.4. The minimum atomic E-state index is -0.769. The van der Waals surface area contributed by atoms with Crippen molar-refractivity contribution >= 4 is 21.5 Å². The fraction of sp³-hybridized carbons (Fsp3) is 0.533. The van der Waals surface area contributed by atoms with Gasteiger partial charge in [-0.25, -0.2) is 9.78 Å². The van der Waals surface area contributed by atoms with Crippen molar-refractivity contribution in [2.24, 2.45) is 23.7 Å². The summed E-state index contributed by atoms with van der Waals surface area (Å²) in [5.74, 6) is 0.573. The predicted octanol–water partition coefficient (Wildman–Crippen LogP) is 6.72. The maximum absolute atomic E-state index is 6.65. The van der Waals surface area contributed by atoms with E-state index in [0.29, 0.717) is 18.4 Å². The highest BCUT2D eigenvalue weighted by atomic mass is 17.3. The molecule has 1 spiro atoms. The van der Waals surface area contributed by atoms with Crippen LogP contribution in [0.25, 0.3) is 21.5 Å². The number of rotatable bonds is 3. The molecule has 3 aromatic rings. The molecule has 4 heterocycles. The summed E-state index contributed by atoms with van der Waals surface area (Å²) in [5, 5.41) is 4.92. The fourth-order valence-corrected chi connectivity index (χ4v) is 7.49. The standard InChI is InChI=1S/C30H34O5/c1-18-12-13-26-19(2)27(32-28-30(26)25(18)14-15-29(3,33-28)34-35-30)31-17-24-22-10-6-4-8-20(22)16-21-9-5-7-11-23(21)24/h4-11,16,18-19,25-28H,12-15,17H2,1-3H3/t18?,19-,25?,26?,27?,28?,29?,30-/m1/s1. The lowest BCUT2D eigenvalue weighted by atomic mass is 9.58. The highest BCUT2D eigenvalue weighted by Gasteiger charge is 2.69. The molecule has 1 aliphatic carbocycles. The van der Waals surface area contributed by atoms with Crippen molar-refractivity contribution in [1.29, 1.82) is 0 Å². The number of ether oxygens (including phenoxy) is 3. The van der Waals surface area contributed by atoms with Gasteiger partial charge in [0.05, 0.1) is 6.61 Å². The molecule has 184 valence electrons. The molecule has 35 heavy (non-hydrogen) atoms. The van der Waals surface area contributed by atoms with Gasteiger partial charge >= 0.3 is 0 Å². The third kappa shape index (κ3) is 3.25. The summed E-state index contributed by atoms with van der Waals surface area (Å²) in [7, 11) is 0. The third-order valence-electron chi connectivity index (χ3n) is 9.37. The lowest BCUT2D eigenvalue weighted by Crippen LogP contribution is -2.70. The van der Waals surface area contributed by atoms with Crippen LogP contribution in [0.3, 0.4) is 0 Å². The summed E-state index contributed by atoms with van der Waals surface area (Å²) in [6.45, 7) is 7.04. The van der Waals surface area contributed by atoms with Gasteiger partial charge in [-0.2, -0.15) is 0 Å². The van der Waals surface area contributed by atoms with Gasteiger partial charge in [-0.3, -0.25) is 0 Å². The topological polar surface area (TPSA) is 46.2 Å². The highest BCUT2D eigenvalue weighted by Crippen LogP contribution is 2.60. The minimum absolute atomic E-state index is 0.164. The number of hydrogen-bond donors (Lipinski definition) is 0. The van der Waals surface area contributed by atoms with Gasteiger partial charge in [-0.1, -0.05) is 62.4 Å². The van der Waals surface area contributed by atoms with Crippen LogP contribution in [0.15, 0.2) is 54.6 Å². The predicted molar refractivity (Wildman–Crippen MR) is 133 cm³/mol. The smallest absolute Gasteiger partial charge is 0.201 e. The van der Waals surface area contributed by atoms with E-state index in [4.69, 9.17) is 24.0 Å². The molecule has 8 rings (SSSR count). The zero-order valence-electron chi connectivity index (χ0n) is 20.7. The van der Waals surface area contributed by atoms with Gasteiger partial charge < -0.3 is 14.2 Å². The molecule has 6 unspecified atom stereocenters. The first kappa shape index (κ1) is 22.2. The zero-order chi connectivity index (χ0) is 23.8. The molecule has 5 nitrogen and oxygen atoms in total. The lowest BCUT2D eigenvalue weighted by Gasteiger charge is -2.60. The Morgan fingerprint density at radius 1 is 0.886 bits per heavy atom. The molecule has 2 bridgehead atoms. The van der Waals surface area contributed by atoms with Gasteiger partial charge in [0.2, 0.25) is 5.79 Å². The Kier molecular flexibility index (Phi) is 5.07. The van der Waals surface area contributed by atoms with Gasteiger partial charge in [0.25, 0.3) is 0 Å². The molecule has 3 aromatic carbocycles. The molecule has 4 aliphatic heterocycles. The molecule has 5 aliphatic rings. The summed E-state index contributed by atoms with van der Waals surface area (Å²) in [6.07, 6.45) is 3.27. The van der Waals surface area contributed by atoms with E-state index in [-0.39, 0.29) is 18.1 Å². The molecule has 5 heteroatoms. The molecule has 0 amide bonds. The third-order valence-corrected chi connectivity index (χ3v) is 9.37. The molecular formula is C30H34O5. The van der Waals surface area contributed by atoms with Crippen molar-refractivity contribution in [3.05, 3.63) is 60.2 Å². The van der Waals surface area contributed by atoms with Crippen molar-refractivity contribution in [1.82, 2.24) is 0 Å². The van der Waals surface area contributed by atoms with Crippen molar-refractivity contribution in [3.63, 3.8) is 0 Å². The number of benzene rings is 3. The van der Waals surface area contributed by atoms with Gasteiger partial charge in [0.1, 0.15) is 0 Å². The highest BCUT2D eigenvalue weighted by molar-refractivity contribution is 6.02. The first-order chi connectivity index (χ1) is 17.0. The Morgan fingerprint density at radius 2 is 1.60 bits per heavy atom. The van der Waals surface area contributed by atoms with Crippen LogP contribution in [-0.2, 0) is 30.6 Å². The summed E-state index contributed by atoms with van der Waals surface area (Å²) in [6, 6.07) is 19.4. The summed E-state index contributed by atoms with van der Waals surface area (Å²) >= 11 is 0. The first-order valence-corrected chi connectivity index (χ1v) is 13.2. The van der Waals surface area contributed by atoms with E-state index in [1.807, 2.05) is 6.92 Å². The zero-order valence-corrected chi connectivity index (χ0v) is 20.7. The second-order valence-corrected chi connectivity index (χ2v) is 11.4. The van der Waals surface area contributed by atoms with Gasteiger partial charge in [0, 0.05) is 18.3 Å². The van der Waals surface area contributed by atoms with E-state index in [9.17, 15) is 0 Å². The average Bonchev–Trinajstić information content (AvgIpc) is 3.10. The van der Waals surface area contributed by atoms with Gasteiger partial charge in [-0.15, -0.1) is 0 Å². The average molecular weight is 475 g/mol. The molecular weight excluding hydrogens is 440 g/mol.